The SMILES string of the molecule is CS(=O)(=O)CCCOC1CC(CN)C1. The molecule has 0 saturated heterocycles. The second-order valence-electron chi connectivity index (χ2n) is 4.05. The fourth-order valence-electron chi connectivity index (χ4n) is 1.57. The predicted molar refractivity (Wildman–Crippen MR) is 55.8 cm³/mol. The summed E-state index contributed by atoms with van der Waals surface area (Å²) in [6.07, 6.45) is 4.25. The molecule has 5 heteroatoms. The van der Waals surface area contributed by atoms with Crippen LogP contribution in [0.4, 0.5) is 0 Å². The second-order valence-corrected chi connectivity index (χ2v) is 6.31. The van der Waals surface area contributed by atoms with Crippen LogP contribution in [0.3, 0.4) is 0 Å². The van der Waals surface area contributed by atoms with Crippen LogP contribution in [-0.4, -0.2) is 39.7 Å². The van der Waals surface area contributed by atoms with Crippen molar-refractivity contribution in [2.24, 2.45) is 11.7 Å². The highest BCUT2D eigenvalue weighted by atomic mass is 32.2. The molecule has 1 aliphatic carbocycles. The number of ether oxygens (including phenoxy) is 1. The van der Waals surface area contributed by atoms with Gasteiger partial charge in [-0.15, -0.1) is 0 Å². The van der Waals surface area contributed by atoms with Crippen LogP contribution in [0.2, 0.25) is 0 Å². The van der Waals surface area contributed by atoms with Gasteiger partial charge in [0.1, 0.15) is 9.84 Å². The number of hydrogen-bond acceptors (Lipinski definition) is 4. The average molecular weight is 221 g/mol. The van der Waals surface area contributed by atoms with Gasteiger partial charge in [0.05, 0.1) is 11.9 Å². The van der Waals surface area contributed by atoms with E-state index in [0.717, 1.165) is 19.4 Å². The van der Waals surface area contributed by atoms with E-state index in [4.69, 9.17) is 10.5 Å². The van der Waals surface area contributed by atoms with Crippen molar-refractivity contribution in [3.05, 3.63) is 0 Å². The number of hydrogen-bond donors (Lipinski definition) is 1. The van der Waals surface area contributed by atoms with E-state index in [1.165, 1.54) is 6.26 Å². The molecule has 0 atom stereocenters. The summed E-state index contributed by atoms with van der Waals surface area (Å²) in [6, 6.07) is 0. The fraction of sp³-hybridized carbons (Fsp3) is 1.00. The van der Waals surface area contributed by atoms with Crippen molar-refractivity contribution in [3.8, 4) is 0 Å². The molecule has 0 amide bonds. The highest BCUT2D eigenvalue weighted by Crippen LogP contribution is 2.28. The molecule has 0 radical (unpaired) electrons. The smallest absolute Gasteiger partial charge is 0.147 e. The van der Waals surface area contributed by atoms with Crippen LogP contribution < -0.4 is 5.73 Å². The minimum Gasteiger partial charge on any atom is -0.378 e. The van der Waals surface area contributed by atoms with Gasteiger partial charge in [-0.3, -0.25) is 0 Å². The largest absolute Gasteiger partial charge is 0.378 e. The molecule has 84 valence electrons. The molecule has 1 saturated carbocycles. The Morgan fingerprint density at radius 1 is 1.43 bits per heavy atom. The zero-order valence-corrected chi connectivity index (χ0v) is 9.42. The quantitative estimate of drug-likeness (QED) is 0.649. The van der Waals surface area contributed by atoms with Gasteiger partial charge in [0.2, 0.25) is 0 Å². The summed E-state index contributed by atoms with van der Waals surface area (Å²) in [4.78, 5) is 0. The van der Waals surface area contributed by atoms with E-state index in [9.17, 15) is 8.42 Å². The van der Waals surface area contributed by atoms with E-state index in [0.29, 0.717) is 25.0 Å². The molecular formula is C9H19NO3S. The minimum atomic E-state index is -2.83. The maximum atomic E-state index is 10.8. The lowest BCUT2D eigenvalue weighted by Crippen LogP contribution is -2.36. The number of sulfone groups is 1. The Hall–Kier alpha value is -0.130. The van der Waals surface area contributed by atoms with E-state index in [-0.39, 0.29) is 5.75 Å². The molecule has 0 unspecified atom stereocenters. The van der Waals surface area contributed by atoms with E-state index in [1.807, 2.05) is 0 Å². The fourth-order valence-corrected chi connectivity index (χ4v) is 2.22. The summed E-state index contributed by atoms with van der Waals surface area (Å²) >= 11 is 0. The highest BCUT2D eigenvalue weighted by molar-refractivity contribution is 7.90. The second kappa shape index (κ2) is 5.09. The van der Waals surface area contributed by atoms with Crippen molar-refractivity contribution >= 4 is 9.84 Å². The van der Waals surface area contributed by atoms with Gasteiger partial charge in [-0.1, -0.05) is 0 Å². The van der Waals surface area contributed by atoms with Crippen molar-refractivity contribution in [1.29, 1.82) is 0 Å². The first kappa shape index (κ1) is 11.9. The van der Waals surface area contributed by atoms with Crippen molar-refractivity contribution < 1.29 is 13.2 Å². The third-order valence-corrected chi connectivity index (χ3v) is 3.57. The van der Waals surface area contributed by atoms with Gasteiger partial charge in [0.15, 0.2) is 0 Å². The van der Waals surface area contributed by atoms with E-state index < -0.39 is 9.84 Å². The van der Waals surface area contributed by atoms with Crippen molar-refractivity contribution in [2.45, 2.75) is 25.4 Å². The van der Waals surface area contributed by atoms with Crippen LogP contribution in [-0.2, 0) is 14.6 Å². The van der Waals surface area contributed by atoms with Crippen LogP contribution in [0, 0.1) is 5.92 Å². The minimum absolute atomic E-state index is 0.222. The monoisotopic (exact) mass is 221 g/mol. The molecule has 1 aliphatic rings. The zero-order chi connectivity index (χ0) is 10.6. The normalized spacial score (nSPS) is 27.3. The predicted octanol–water partition coefficient (Wildman–Crippen LogP) is 0.175. The summed E-state index contributed by atoms with van der Waals surface area (Å²) in [5.41, 5.74) is 5.47. The van der Waals surface area contributed by atoms with Gasteiger partial charge in [0, 0.05) is 12.9 Å². The van der Waals surface area contributed by atoms with Crippen LogP contribution >= 0.6 is 0 Å². The molecule has 14 heavy (non-hydrogen) atoms. The standard InChI is InChI=1S/C9H19NO3S/c1-14(11,12)4-2-3-13-9-5-8(6-9)7-10/h8-9H,2-7,10H2,1H3. The third-order valence-electron chi connectivity index (χ3n) is 2.54. The molecule has 0 aromatic rings. The van der Waals surface area contributed by atoms with Crippen LogP contribution in [0.1, 0.15) is 19.3 Å². The Morgan fingerprint density at radius 3 is 2.57 bits per heavy atom. The Bertz CT molecular complexity index is 257. The maximum absolute atomic E-state index is 10.8. The van der Waals surface area contributed by atoms with E-state index in [1.54, 1.807) is 0 Å². The molecular weight excluding hydrogens is 202 g/mol. The average Bonchev–Trinajstić information content (AvgIpc) is 1.98. The molecule has 0 aromatic heterocycles. The van der Waals surface area contributed by atoms with Gasteiger partial charge < -0.3 is 10.5 Å². The first-order chi connectivity index (χ1) is 6.51. The van der Waals surface area contributed by atoms with Gasteiger partial charge in [-0.05, 0) is 31.7 Å². The van der Waals surface area contributed by atoms with Gasteiger partial charge in [-0.25, -0.2) is 8.42 Å². The Kier molecular flexibility index (Phi) is 4.34. The number of rotatable bonds is 6. The summed E-state index contributed by atoms with van der Waals surface area (Å²) in [5.74, 6) is 0.843. The Morgan fingerprint density at radius 2 is 2.07 bits per heavy atom. The molecule has 0 spiro atoms. The molecule has 0 heterocycles. The number of nitrogens with two attached hydrogens (primary N) is 1. The third kappa shape index (κ3) is 4.39. The summed E-state index contributed by atoms with van der Waals surface area (Å²) < 4.78 is 27.1. The van der Waals surface area contributed by atoms with Gasteiger partial charge in [-0.2, -0.15) is 0 Å². The molecule has 0 aliphatic heterocycles. The Balaban J connectivity index is 1.96. The highest BCUT2D eigenvalue weighted by Gasteiger charge is 2.28. The van der Waals surface area contributed by atoms with Crippen LogP contribution in [0.15, 0.2) is 0 Å². The molecule has 2 N–H and O–H groups in total. The summed E-state index contributed by atoms with van der Waals surface area (Å²) in [7, 11) is -2.83. The molecule has 1 fully saturated rings. The maximum Gasteiger partial charge on any atom is 0.147 e. The topological polar surface area (TPSA) is 69.4 Å². The van der Waals surface area contributed by atoms with Crippen molar-refractivity contribution in [2.75, 3.05) is 25.2 Å². The molecule has 1 rings (SSSR count). The van der Waals surface area contributed by atoms with Gasteiger partial charge in [0.25, 0.3) is 0 Å². The van der Waals surface area contributed by atoms with E-state index in [2.05, 4.69) is 0 Å². The van der Waals surface area contributed by atoms with E-state index >= 15 is 0 Å². The van der Waals surface area contributed by atoms with Crippen LogP contribution in [0.25, 0.3) is 0 Å². The van der Waals surface area contributed by atoms with Crippen molar-refractivity contribution in [3.63, 3.8) is 0 Å². The zero-order valence-electron chi connectivity index (χ0n) is 8.61. The molecule has 0 bridgehead atoms. The Labute approximate surface area is 85.7 Å². The molecule has 4 nitrogen and oxygen atoms in total. The lowest BCUT2D eigenvalue weighted by atomic mass is 9.82. The molecule has 0 aromatic carbocycles. The first-order valence-electron chi connectivity index (χ1n) is 5.00. The lowest BCUT2D eigenvalue weighted by molar-refractivity contribution is -0.0271. The van der Waals surface area contributed by atoms with Gasteiger partial charge >= 0.3 is 0 Å². The summed E-state index contributed by atoms with van der Waals surface area (Å²) in [6.45, 7) is 1.29. The lowest BCUT2D eigenvalue weighted by Gasteiger charge is -2.34. The first-order valence-corrected chi connectivity index (χ1v) is 7.06. The van der Waals surface area contributed by atoms with Crippen LogP contribution in [0.5, 0.6) is 0 Å². The summed E-state index contributed by atoms with van der Waals surface area (Å²) in [5, 5.41) is 0. The van der Waals surface area contributed by atoms with Crippen molar-refractivity contribution in [1.82, 2.24) is 0 Å².